The monoisotopic (exact) mass is 480 g/mol. The molecule has 1 N–H and O–H groups in total. The van der Waals surface area contributed by atoms with Crippen molar-refractivity contribution in [2.75, 3.05) is 33.3 Å². The van der Waals surface area contributed by atoms with Gasteiger partial charge in [-0.1, -0.05) is 37.3 Å². The number of aliphatic imine (C=N–C) groups is 1. The number of halogens is 1. The van der Waals surface area contributed by atoms with Crippen LogP contribution in [0, 0.1) is 5.92 Å². The maximum atomic E-state index is 5.69. The molecule has 0 spiro atoms. The molecule has 1 fully saturated rings. The van der Waals surface area contributed by atoms with Gasteiger partial charge in [0, 0.05) is 26.3 Å². The minimum Gasteiger partial charge on any atom is -0.490 e. The van der Waals surface area contributed by atoms with Crippen molar-refractivity contribution in [2.45, 2.75) is 19.3 Å². The van der Waals surface area contributed by atoms with E-state index in [0.29, 0.717) is 25.0 Å². The summed E-state index contributed by atoms with van der Waals surface area (Å²) in [7, 11) is 1.85. The van der Waals surface area contributed by atoms with Crippen LogP contribution in [0.3, 0.4) is 0 Å². The predicted molar refractivity (Wildman–Crippen MR) is 121 cm³/mol. The van der Waals surface area contributed by atoms with Gasteiger partial charge in [0.25, 0.3) is 0 Å². The summed E-state index contributed by atoms with van der Waals surface area (Å²) < 4.78 is 5.69. The van der Waals surface area contributed by atoms with Gasteiger partial charge in [0.2, 0.25) is 0 Å². The summed E-state index contributed by atoms with van der Waals surface area (Å²) in [5.41, 5.74) is 1.45. The van der Waals surface area contributed by atoms with Gasteiger partial charge < -0.3 is 15.0 Å². The molecule has 2 unspecified atom stereocenters. The summed E-state index contributed by atoms with van der Waals surface area (Å²) in [6.07, 6.45) is 4.62. The Morgan fingerprint density at radius 1 is 1.26 bits per heavy atom. The second-order valence-electron chi connectivity index (χ2n) is 6.74. The van der Waals surface area contributed by atoms with Gasteiger partial charge in [-0.25, -0.2) is 0 Å². The van der Waals surface area contributed by atoms with Gasteiger partial charge in [-0.15, -0.1) is 24.0 Å². The van der Waals surface area contributed by atoms with Crippen LogP contribution in [0.5, 0.6) is 5.75 Å². The van der Waals surface area contributed by atoms with Crippen molar-refractivity contribution >= 4 is 29.9 Å². The fraction of sp³-hybridized carbons (Fsp3) is 0.429. The van der Waals surface area contributed by atoms with Gasteiger partial charge >= 0.3 is 0 Å². The van der Waals surface area contributed by atoms with E-state index in [1.807, 2.05) is 19.2 Å². The Bertz CT molecular complexity index is 696. The number of likely N-dealkylation sites (tertiary alicyclic amines) is 1. The quantitative estimate of drug-likeness (QED) is 0.306. The van der Waals surface area contributed by atoms with Crippen LogP contribution >= 0.6 is 24.0 Å². The first kappa shape index (κ1) is 21.5. The standard InChI is InChI=1S/C21H28N4O.HI/c1-17-16-25(13-10-20(17)18-7-4-3-5-8-18)21(22-2)24-12-14-26-19-9-6-11-23-15-19;/h3-9,11,15,17,20H,10,12-14,16H2,1-2H3,(H,22,24);1H. The number of nitrogens with one attached hydrogen (secondary N) is 1. The van der Waals surface area contributed by atoms with E-state index in [1.54, 1.807) is 12.4 Å². The lowest BCUT2D eigenvalue weighted by atomic mass is 9.82. The molecule has 1 saturated heterocycles. The third kappa shape index (κ3) is 6.09. The highest BCUT2D eigenvalue weighted by Gasteiger charge is 2.28. The van der Waals surface area contributed by atoms with Gasteiger partial charge in [-0.05, 0) is 36.0 Å². The zero-order valence-electron chi connectivity index (χ0n) is 16.0. The van der Waals surface area contributed by atoms with Gasteiger partial charge in [-0.3, -0.25) is 9.98 Å². The normalized spacial score (nSPS) is 19.9. The largest absolute Gasteiger partial charge is 0.490 e. The van der Waals surface area contributed by atoms with E-state index < -0.39 is 0 Å². The lowest BCUT2D eigenvalue weighted by molar-refractivity contribution is 0.232. The molecule has 2 atom stereocenters. The Hall–Kier alpha value is -1.83. The summed E-state index contributed by atoms with van der Waals surface area (Å²) in [5.74, 6) is 2.97. The van der Waals surface area contributed by atoms with E-state index in [4.69, 9.17) is 4.74 Å². The van der Waals surface area contributed by atoms with Crippen molar-refractivity contribution in [3.8, 4) is 5.75 Å². The Morgan fingerprint density at radius 2 is 2.07 bits per heavy atom. The first-order chi connectivity index (χ1) is 12.8. The SMILES string of the molecule is CN=C(NCCOc1cccnc1)N1CCC(c2ccccc2)C(C)C1.I. The third-order valence-electron chi connectivity index (χ3n) is 4.93. The molecule has 3 rings (SSSR count). The molecule has 0 amide bonds. The van der Waals surface area contributed by atoms with Gasteiger partial charge in [0.05, 0.1) is 12.7 Å². The van der Waals surface area contributed by atoms with E-state index in [-0.39, 0.29) is 24.0 Å². The number of hydrogen-bond acceptors (Lipinski definition) is 3. The summed E-state index contributed by atoms with van der Waals surface area (Å²) >= 11 is 0. The highest BCUT2D eigenvalue weighted by molar-refractivity contribution is 14.0. The summed E-state index contributed by atoms with van der Waals surface area (Å²) in [4.78, 5) is 10.9. The molecule has 6 heteroatoms. The number of rotatable bonds is 5. The highest BCUT2D eigenvalue weighted by atomic mass is 127. The number of guanidine groups is 1. The second-order valence-corrected chi connectivity index (χ2v) is 6.74. The maximum absolute atomic E-state index is 5.69. The van der Waals surface area contributed by atoms with Crippen molar-refractivity contribution in [1.82, 2.24) is 15.2 Å². The molecule has 1 aliphatic rings. The molecule has 0 radical (unpaired) electrons. The Labute approximate surface area is 179 Å². The summed E-state index contributed by atoms with van der Waals surface area (Å²) in [6, 6.07) is 14.6. The van der Waals surface area contributed by atoms with Crippen LogP contribution in [0.2, 0.25) is 0 Å². The second kappa shape index (κ2) is 11.1. The van der Waals surface area contributed by atoms with Crippen LogP contribution in [0.4, 0.5) is 0 Å². The molecule has 2 heterocycles. The van der Waals surface area contributed by atoms with E-state index >= 15 is 0 Å². The zero-order chi connectivity index (χ0) is 18.2. The van der Waals surface area contributed by atoms with Crippen molar-refractivity contribution in [3.05, 3.63) is 60.4 Å². The molecule has 5 nitrogen and oxygen atoms in total. The average Bonchev–Trinajstić information content (AvgIpc) is 2.69. The molecule has 1 aliphatic heterocycles. The molecule has 0 aliphatic carbocycles. The Morgan fingerprint density at radius 3 is 2.74 bits per heavy atom. The third-order valence-corrected chi connectivity index (χ3v) is 4.93. The topological polar surface area (TPSA) is 49.8 Å². The Kier molecular flexibility index (Phi) is 8.84. The molecule has 1 aromatic carbocycles. The highest BCUT2D eigenvalue weighted by Crippen LogP contribution is 2.32. The summed E-state index contributed by atoms with van der Waals surface area (Å²) in [5, 5.41) is 3.42. The molecule has 27 heavy (non-hydrogen) atoms. The predicted octanol–water partition coefficient (Wildman–Crippen LogP) is 3.78. The molecular weight excluding hydrogens is 451 g/mol. The molecule has 2 aromatic rings. The van der Waals surface area contributed by atoms with E-state index in [0.717, 1.165) is 31.2 Å². The number of nitrogens with zero attached hydrogens (tertiary/aromatic N) is 3. The van der Waals surface area contributed by atoms with E-state index in [1.165, 1.54) is 5.56 Å². The lowest BCUT2D eigenvalue weighted by Crippen LogP contribution is -2.48. The van der Waals surface area contributed by atoms with E-state index in [2.05, 4.69) is 57.4 Å². The first-order valence-corrected chi connectivity index (χ1v) is 9.31. The van der Waals surface area contributed by atoms with Crippen LogP contribution in [0.25, 0.3) is 0 Å². The van der Waals surface area contributed by atoms with Crippen LogP contribution in [-0.2, 0) is 0 Å². The fourth-order valence-electron chi connectivity index (χ4n) is 3.63. The number of benzene rings is 1. The molecule has 146 valence electrons. The zero-order valence-corrected chi connectivity index (χ0v) is 18.4. The van der Waals surface area contributed by atoms with Crippen LogP contribution in [0.15, 0.2) is 59.9 Å². The maximum Gasteiger partial charge on any atom is 0.193 e. The van der Waals surface area contributed by atoms with Gasteiger partial charge in [0.15, 0.2) is 5.96 Å². The summed E-state index contributed by atoms with van der Waals surface area (Å²) in [6.45, 7) is 5.67. The van der Waals surface area contributed by atoms with Crippen molar-refractivity contribution in [3.63, 3.8) is 0 Å². The fourth-order valence-corrected chi connectivity index (χ4v) is 3.63. The van der Waals surface area contributed by atoms with Crippen LogP contribution in [0.1, 0.15) is 24.8 Å². The molecular formula is C21H29IN4O. The average molecular weight is 480 g/mol. The molecule has 0 saturated carbocycles. The number of ether oxygens (including phenoxy) is 1. The van der Waals surface area contributed by atoms with E-state index in [9.17, 15) is 0 Å². The van der Waals surface area contributed by atoms with Gasteiger partial charge in [-0.2, -0.15) is 0 Å². The first-order valence-electron chi connectivity index (χ1n) is 9.31. The van der Waals surface area contributed by atoms with Crippen molar-refractivity contribution in [2.24, 2.45) is 10.9 Å². The van der Waals surface area contributed by atoms with Crippen LogP contribution < -0.4 is 10.1 Å². The molecule has 1 aromatic heterocycles. The number of pyridine rings is 1. The van der Waals surface area contributed by atoms with Crippen molar-refractivity contribution in [1.29, 1.82) is 0 Å². The lowest BCUT2D eigenvalue weighted by Gasteiger charge is -2.38. The Balaban J connectivity index is 0.00000261. The van der Waals surface area contributed by atoms with Crippen molar-refractivity contribution < 1.29 is 4.74 Å². The number of hydrogen-bond donors (Lipinski definition) is 1. The smallest absolute Gasteiger partial charge is 0.193 e. The number of piperidine rings is 1. The van der Waals surface area contributed by atoms with Crippen LogP contribution in [-0.4, -0.2) is 49.1 Å². The number of aromatic nitrogens is 1. The minimum absolute atomic E-state index is 0. The minimum atomic E-state index is 0. The van der Waals surface area contributed by atoms with Gasteiger partial charge in [0.1, 0.15) is 12.4 Å². The molecule has 0 bridgehead atoms.